The average molecular weight is 421 g/mol. The normalized spacial score (nSPS) is 14.6. The van der Waals surface area contributed by atoms with Crippen molar-refractivity contribution < 1.29 is 13.9 Å². The van der Waals surface area contributed by atoms with Gasteiger partial charge >= 0.3 is 5.63 Å². The maximum atomic E-state index is 13.0. The molecule has 0 saturated carbocycles. The number of hydrogen-bond acceptors (Lipinski definition) is 6. The summed E-state index contributed by atoms with van der Waals surface area (Å²) >= 11 is 0. The van der Waals surface area contributed by atoms with Gasteiger partial charge in [-0.1, -0.05) is 24.3 Å². The number of hydrogen-bond donors (Lipinski definition) is 1. The summed E-state index contributed by atoms with van der Waals surface area (Å²) < 4.78 is 10.7. The monoisotopic (exact) mass is 421 g/mol. The summed E-state index contributed by atoms with van der Waals surface area (Å²) in [6.45, 7) is 6.43. The van der Waals surface area contributed by atoms with E-state index in [1.54, 1.807) is 13.2 Å². The molecule has 1 aliphatic heterocycles. The number of rotatable bonds is 6. The second-order valence-electron chi connectivity index (χ2n) is 7.69. The lowest BCUT2D eigenvalue weighted by Gasteiger charge is -2.35. The Balaban J connectivity index is 1.32. The zero-order valence-electron chi connectivity index (χ0n) is 17.9. The van der Waals surface area contributed by atoms with Crippen molar-refractivity contribution in [1.29, 1.82) is 0 Å². The number of para-hydroxylation sites is 2. The van der Waals surface area contributed by atoms with E-state index in [0.29, 0.717) is 36.5 Å². The number of carbonyl (C=O) groups excluding carboxylic acids is 1. The largest absolute Gasteiger partial charge is 0.496 e. The number of benzene rings is 2. The predicted molar refractivity (Wildman–Crippen MR) is 121 cm³/mol. The van der Waals surface area contributed by atoms with Gasteiger partial charge in [-0.15, -0.1) is 0 Å². The van der Waals surface area contributed by atoms with E-state index in [-0.39, 0.29) is 11.5 Å². The molecule has 162 valence electrons. The summed E-state index contributed by atoms with van der Waals surface area (Å²) in [6, 6.07) is 14.7. The third-order valence-corrected chi connectivity index (χ3v) is 5.70. The molecule has 0 radical (unpaired) electrons. The SMILES string of the molecule is COc1c(C)cccc1C(=O)N1CCN(CCNc2cc(=O)oc3ccccc23)CC1. The minimum atomic E-state index is -0.361. The van der Waals surface area contributed by atoms with Crippen LogP contribution < -0.4 is 15.7 Å². The fourth-order valence-electron chi connectivity index (χ4n) is 4.04. The molecular formula is C24H27N3O4. The van der Waals surface area contributed by atoms with Crippen molar-refractivity contribution in [3.8, 4) is 5.75 Å². The number of piperazine rings is 1. The molecule has 1 saturated heterocycles. The highest BCUT2D eigenvalue weighted by Gasteiger charge is 2.24. The topological polar surface area (TPSA) is 75.0 Å². The Morgan fingerprint density at radius 3 is 2.65 bits per heavy atom. The van der Waals surface area contributed by atoms with Crippen molar-refractivity contribution in [2.24, 2.45) is 0 Å². The van der Waals surface area contributed by atoms with Gasteiger partial charge in [0.1, 0.15) is 11.3 Å². The number of nitrogens with zero attached hydrogens (tertiary/aromatic N) is 2. The van der Waals surface area contributed by atoms with Crippen molar-refractivity contribution in [2.45, 2.75) is 6.92 Å². The van der Waals surface area contributed by atoms with Crippen LogP contribution in [0.25, 0.3) is 11.0 Å². The van der Waals surface area contributed by atoms with E-state index in [2.05, 4.69) is 10.2 Å². The standard InChI is InChI=1S/C24H27N3O4/c1-17-6-5-8-19(23(17)30-2)24(29)27-14-12-26(13-15-27)11-10-25-20-16-22(28)31-21-9-4-3-7-18(20)21/h3-9,16,25H,10-15H2,1-2H3. The number of methoxy groups -OCH3 is 1. The van der Waals surface area contributed by atoms with Gasteiger partial charge in [0.05, 0.1) is 18.4 Å². The third-order valence-electron chi connectivity index (χ3n) is 5.70. The molecule has 0 unspecified atom stereocenters. The summed E-state index contributed by atoms with van der Waals surface area (Å²) in [5, 5.41) is 4.25. The molecular weight excluding hydrogens is 394 g/mol. The Bertz CT molecular complexity index is 1130. The van der Waals surface area contributed by atoms with Gasteiger partial charge in [-0.3, -0.25) is 9.69 Å². The average Bonchev–Trinajstić information content (AvgIpc) is 2.78. The van der Waals surface area contributed by atoms with E-state index in [4.69, 9.17) is 9.15 Å². The summed E-state index contributed by atoms with van der Waals surface area (Å²) in [7, 11) is 1.60. The first-order valence-corrected chi connectivity index (χ1v) is 10.5. The first kappa shape index (κ1) is 20.9. The molecule has 31 heavy (non-hydrogen) atoms. The molecule has 1 aromatic heterocycles. The van der Waals surface area contributed by atoms with Crippen molar-refractivity contribution in [3.05, 3.63) is 70.1 Å². The van der Waals surface area contributed by atoms with Crippen LogP contribution in [0.15, 0.2) is 57.7 Å². The first-order chi connectivity index (χ1) is 15.1. The summed E-state index contributed by atoms with van der Waals surface area (Å²) in [4.78, 5) is 29.0. The number of carbonyl (C=O) groups is 1. The molecule has 1 aliphatic rings. The van der Waals surface area contributed by atoms with E-state index in [9.17, 15) is 9.59 Å². The van der Waals surface area contributed by atoms with E-state index >= 15 is 0 Å². The smallest absolute Gasteiger partial charge is 0.338 e. The summed E-state index contributed by atoms with van der Waals surface area (Å²) in [6.07, 6.45) is 0. The highest BCUT2D eigenvalue weighted by molar-refractivity contribution is 5.97. The van der Waals surface area contributed by atoms with Gasteiger partial charge in [0.2, 0.25) is 0 Å². The molecule has 4 rings (SSSR count). The van der Waals surface area contributed by atoms with Crippen LogP contribution >= 0.6 is 0 Å². The Labute approximate surface area is 181 Å². The van der Waals surface area contributed by atoms with Gasteiger partial charge in [-0.2, -0.15) is 0 Å². The van der Waals surface area contributed by atoms with E-state index in [1.165, 1.54) is 6.07 Å². The first-order valence-electron chi connectivity index (χ1n) is 10.5. The van der Waals surface area contributed by atoms with E-state index in [1.807, 2.05) is 48.2 Å². The Morgan fingerprint density at radius 2 is 1.87 bits per heavy atom. The summed E-state index contributed by atoms with van der Waals surface area (Å²) in [5.41, 5.74) is 2.58. The highest BCUT2D eigenvalue weighted by Crippen LogP contribution is 2.25. The maximum absolute atomic E-state index is 13.0. The number of ether oxygens (including phenoxy) is 1. The van der Waals surface area contributed by atoms with Gasteiger partial charge in [-0.05, 0) is 30.7 Å². The van der Waals surface area contributed by atoms with Crippen LogP contribution in [-0.2, 0) is 0 Å². The van der Waals surface area contributed by atoms with Crippen LogP contribution in [0.5, 0.6) is 5.75 Å². The lowest BCUT2D eigenvalue weighted by atomic mass is 10.1. The van der Waals surface area contributed by atoms with Gasteiger partial charge in [0, 0.05) is 50.7 Å². The molecule has 1 amide bonds. The van der Waals surface area contributed by atoms with Crippen molar-refractivity contribution >= 4 is 22.6 Å². The van der Waals surface area contributed by atoms with E-state index in [0.717, 1.165) is 36.3 Å². The number of fused-ring (bicyclic) bond motifs is 1. The molecule has 0 aliphatic carbocycles. The van der Waals surface area contributed by atoms with Gasteiger partial charge in [0.25, 0.3) is 5.91 Å². The van der Waals surface area contributed by atoms with Crippen LogP contribution in [0.1, 0.15) is 15.9 Å². The van der Waals surface area contributed by atoms with Gasteiger partial charge in [0.15, 0.2) is 0 Å². The van der Waals surface area contributed by atoms with Crippen molar-refractivity contribution in [2.75, 3.05) is 51.7 Å². The molecule has 2 heterocycles. The van der Waals surface area contributed by atoms with Crippen LogP contribution in [0, 0.1) is 6.92 Å². The Morgan fingerprint density at radius 1 is 1.10 bits per heavy atom. The number of nitrogens with one attached hydrogen (secondary N) is 1. The molecule has 0 bridgehead atoms. The fourth-order valence-corrected chi connectivity index (χ4v) is 4.04. The molecule has 0 spiro atoms. The second kappa shape index (κ2) is 9.22. The molecule has 2 aromatic carbocycles. The summed E-state index contributed by atoms with van der Waals surface area (Å²) in [5.74, 6) is 0.666. The quantitative estimate of drug-likeness (QED) is 0.617. The zero-order chi connectivity index (χ0) is 21.8. The molecule has 7 heteroatoms. The lowest BCUT2D eigenvalue weighted by Crippen LogP contribution is -2.49. The Hall–Kier alpha value is -3.32. The number of amides is 1. The molecule has 0 atom stereocenters. The van der Waals surface area contributed by atoms with Crippen LogP contribution in [0.3, 0.4) is 0 Å². The van der Waals surface area contributed by atoms with Crippen LogP contribution in [0.2, 0.25) is 0 Å². The lowest BCUT2D eigenvalue weighted by molar-refractivity contribution is 0.0638. The second-order valence-corrected chi connectivity index (χ2v) is 7.69. The molecule has 3 aromatic rings. The number of aryl methyl sites for hydroxylation is 1. The predicted octanol–water partition coefficient (Wildman–Crippen LogP) is 2.98. The van der Waals surface area contributed by atoms with Gasteiger partial charge in [-0.25, -0.2) is 4.79 Å². The van der Waals surface area contributed by atoms with Crippen molar-refractivity contribution in [3.63, 3.8) is 0 Å². The zero-order valence-corrected chi connectivity index (χ0v) is 17.9. The van der Waals surface area contributed by atoms with Crippen LogP contribution in [0.4, 0.5) is 5.69 Å². The third kappa shape index (κ3) is 4.56. The molecule has 7 nitrogen and oxygen atoms in total. The van der Waals surface area contributed by atoms with Crippen LogP contribution in [-0.4, -0.2) is 62.1 Å². The highest BCUT2D eigenvalue weighted by atomic mass is 16.5. The number of anilines is 1. The minimum absolute atomic E-state index is 0.0146. The molecule has 1 fully saturated rings. The van der Waals surface area contributed by atoms with Gasteiger partial charge < -0.3 is 19.4 Å². The van der Waals surface area contributed by atoms with Crippen molar-refractivity contribution in [1.82, 2.24) is 9.80 Å². The fraction of sp³-hybridized carbons (Fsp3) is 0.333. The maximum Gasteiger partial charge on any atom is 0.338 e. The van der Waals surface area contributed by atoms with E-state index < -0.39 is 0 Å². The molecule has 1 N–H and O–H groups in total. The Kier molecular flexibility index (Phi) is 6.23. The minimum Gasteiger partial charge on any atom is -0.496 e.